The van der Waals surface area contributed by atoms with Crippen LogP contribution in [0.15, 0.2) is 60.7 Å². The van der Waals surface area contributed by atoms with Crippen molar-refractivity contribution >= 4 is 17.9 Å². The molecule has 1 aliphatic heterocycles. The Bertz CT molecular complexity index is 1140. The molecule has 10 heteroatoms. The number of benzene rings is 2. The van der Waals surface area contributed by atoms with Crippen molar-refractivity contribution in [2.24, 2.45) is 0 Å². The first-order chi connectivity index (χ1) is 17.1. The van der Waals surface area contributed by atoms with Crippen LogP contribution in [-0.4, -0.2) is 68.8 Å². The number of hydrogen-bond acceptors (Lipinski definition) is 6. The van der Waals surface area contributed by atoms with Gasteiger partial charge in [0.05, 0.1) is 5.69 Å². The molecule has 0 radical (unpaired) electrons. The molecule has 2 fully saturated rings. The highest BCUT2D eigenvalue weighted by Crippen LogP contribution is 2.32. The molecule has 35 heavy (non-hydrogen) atoms. The second-order valence-electron chi connectivity index (χ2n) is 9.09. The Labute approximate surface area is 204 Å². The van der Waals surface area contributed by atoms with Gasteiger partial charge in [-0.2, -0.15) is 4.68 Å². The fourth-order valence-corrected chi connectivity index (χ4v) is 4.94. The molecule has 1 saturated carbocycles. The molecule has 2 N–H and O–H groups in total. The number of anilines is 1. The number of nitrogens with one attached hydrogen (secondary N) is 2. The van der Waals surface area contributed by atoms with Gasteiger partial charge in [0.2, 0.25) is 11.9 Å². The second-order valence-corrected chi connectivity index (χ2v) is 9.09. The van der Waals surface area contributed by atoms with Crippen LogP contribution in [-0.2, 0) is 11.3 Å². The first-order valence-corrected chi connectivity index (χ1v) is 12.1. The fourth-order valence-electron chi connectivity index (χ4n) is 4.94. The van der Waals surface area contributed by atoms with E-state index in [4.69, 9.17) is 0 Å². The summed E-state index contributed by atoms with van der Waals surface area (Å²) in [7, 11) is 0. The predicted octanol–water partition coefficient (Wildman–Crippen LogP) is 2.12. The number of carbonyl (C=O) groups is 2. The third kappa shape index (κ3) is 4.96. The highest BCUT2D eigenvalue weighted by Gasteiger charge is 2.45. The van der Waals surface area contributed by atoms with Crippen molar-refractivity contribution in [3.05, 3.63) is 66.2 Å². The highest BCUT2D eigenvalue weighted by molar-refractivity contribution is 5.91. The number of nitrogens with zero attached hydrogens (tertiary/aromatic N) is 6. The number of rotatable bonds is 6. The van der Waals surface area contributed by atoms with E-state index in [2.05, 4.69) is 31.1 Å². The van der Waals surface area contributed by atoms with E-state index in [9.17, 15) is 9.59 Å². The van der Waals surface area contributed by atoms with Crippen molar-refractivity contribution in [2.45, 2.75) is 37.8 Å². The van der Waals surface area contributed by atoms with Crippen LogP contribution in [0.5, 0.6) is 0 Å². The molecule has 2 heterocycles. The number of para-hydroxylation sites is 1. The van der Waals surface area contributed by atoms with Crippen LogP contribution in [0.3, 0.4) is 0 Å². The molecule has 10 nitrogen and oxygen atoms in total. The van der Waals surface area contributed by atoms with Crippen LogP contribution in [0.25, 0.3) is 5.69 Å². The van der Waals surface area contributed by atoms with Crippen molar-refractivity contribution in [3.8, 4) is 5.69 Å². The largest absolute Gasteiger partial charge is 0.337 e. The van der Waals surface area contributed by atoms with Crippen LogP contribution < -0.4 is 15.5 Å². The summed E-state index contributed by atoms with van der Waals surface area (Å²) in [5.41, 5.74) is 1.07. The number of hydrogen-bond donors (Lipinski definition) is 2. The molecule has 5 rings (SSSR count). The molecule has 182 valence electrons. The predicted molar refractivity (Wildman–Crippen MR) is 131 cm³/mol. The summed E-state index contributed by atoms with van der Waals surface area (Å²) in [5.74, 6) is 0.671. The number of carbonyl (C=O) groups excluding carboxylic acids is 2. The summed E-state index contributed by atoms with van der Waals surface area (Å²) >= 11 is 0. The molecular weight excluding hydrogens is 444 g/mol. The van der Waals surface area contributed by atoms with Crippen LogP contribution >= 0.6 is 0 Å². The minimum Gasteiger partial charge on any atom is -0.337 e. The quantitative estimate of drug-likeness (QED) is 0.567. The van der Waals surface area contributed by atoms with Gasteiger partial charge < -0.3 is 20.4 Å². The molecule has 0 spiro atoms. The zero-order valence-corrected chi connectivity index (χ0v) is 19.6. The van der Waals surface area contributed by atoms with E-state index >= 15 is 0 Å². The lowest BCUT2D eigenvalue weighted by Gasteiger charge is -2.40. The minimum atomic E-state index is -0.839. The van der Waals surface area contributed by atoms with E-state index in [0.717, 1.165) is 24.1 Å². The molecule has 1 aromatic heterocycles. The molecule has 2 aromatic carbocycles. The maximum atomic E-state index is 13.6. The maximum absolute atomic E-state index is 13.6. The van der Waals surface area contributed by atoms with Gasteiger partial charge in [-0.05, 0) is 41.0 Å². The molecule has 0 unspecified atom stereocenters. The van der Waals surface area contributed by atoms with Crippen molar-refractivity contribution in [1.82, 2.24) is 35.7 Å². The van der Waals surface area contributed by atoms with Crippen LogP contribution in [0, 0.1) is 0 Å². The molecular formula is C25H30N8O2. The first kappa shape index (κ1) is 22.8. The van der Waals surface area contributed by atoms with E-state index in [1.165, 1.54) is 0 Å². The Kier molecular flexibility index (Phi) is 6.60. The Balaban J connectivity index is 1.21. The van der Waals surface area contributed by atoms with Crippen LogP contribution in [0.2, 0.25) is 0 Å². The molecule has 1 aliphatic carbocycles. The Morgan fingerprint density at radius 2 is 1.54 bits per heavy atom. The lowest BCUT2D eigenvalue weighted by atomic mass is 9.95. The topological polar surface area (TPSA) is 108 Å². The van der Waals surface area contributed by atoms with Gasteiger partial charge in [0, 0.05) is 32.7 Å². The van der Waals surface area contributed by atoms with E-state index in [1.807, 2.05) is 65.6 Å². The molecule has 3 aromatic rings. The SMILES string of the molecule is O=C(NCc1ccccc1)NC1(C(=O)N2CCN(c3nnnn3-c3ccccc3)CC2)CCCC1. The summed E-state index contributed by atoms with van der Waals surface area (Å²) in [6, 6.07) is 19.2. The van der Waals surface area contributed by atoms with Crippen LogP contribution in [0.4, 0.5) is 10.7 Å². The zero-order valence-electron chi connectivity index (χ0n) is 19.6. The van der Waals surface area contributed by atoms with Crippen molar-refractivity contribution in [1.29, 1.82) is 0 Å². The lowest BCUT2D eigenvalue weighted by Crippen LogP contribution is -2.62. The molecule has 0 bridgehead atoms. The number of amides is 3. The lowest BCUT2D eigenvalue weighted by molar-refractivity contribution is -0.138. The van der Waals surface area contributed by atoms with E-state index in [1.54, 1.807) is 4.68 Å². The number of piperazine rings is 1. The summed E-state index contributed by atoms with van der Waals surface area (Å²) < 4.78 is 1.72. The van der Waals surface area contributed by atoms with Gasteiger partial charge in [0.25, 0.3) is 0 Å². The molecule has 0 atom stereocenters. The smallest absolute Gasteiger partial charge is 0.315 e. The van der Waals surface area contributed by atoms with Gasteiger partial charge in [-0.15, -0.1) is 0 Å². The van der Waals surface area contributed by atoms with Gasteiger partial charge in [-0.25, -0.2) is 4.79 Å². The summed E-state index contributed by atoms with van der Waals surface area (Å²) in [4.78, 5) is 30.3. The van der Waals surface area contributed by atoms with Gasteiger partial charge in [-0.1, -0.05) is 66.5 Å². The van der Waals surface area contributed by atoms with Gasteiger partial charge in [0.1, 0.15) is 5.54 Å². The standard InChI is InChI=1S/C25H30N8O2/c34-22(25(13-7-8-14-25)27-23(35)26-19-20-9-3-1-4-10-20)31-15-17-32(18-16-31)24-28-29-30-33(24)21-11-5-2-6-12-21/h1-6,9-12H,7-8,13-19H2,(H2,26,27,35). The summed E-state index contributed by atoms with van der Waals surface area (Å²) in [6.07, 6.45) is 3.18. The molecule has 1 saturated heterocycles. The van der Waals surface area contributed by atoms with Crippen LogP contribution in [0.1, 0.15) is 31.2 Å². The number of urea groups is 1. The zero-order chi connectivity index (χ0) is 24.1. The Morgan fingerprint density at radius 3 is 2.23 bits per heavy atom. The monoisotopic (exact) mass is 474 g/mol. The third-order valence-corrected chi connectivity index (χ3v) is 6.82. The highest BCUT2D eigenvalue weighted by atomic mass is 16.2. The number of tetrazole rings is 1. The van der Waals surface area contributed by atoms with Gasteiger partial charge >= 0.3 is 6.03 Å². The van der Waals surface area contributed by atoms with Crippen molar-refractivity contribution in [3.63, 3.8) is 0 Å². The van der Waals surface area contributed by atoms with Crippen molar-refractivity contribution < 1.29 is 9.59 Å². The van der Waals surface area contributed by atoms with E-state index in [0.29, 0.717) is 51.5 Å². The van der Waals surface area contributed by atoms with E-state index < -0.39 is 5.54 Å². The minimum absolute atomic E-state index is 0.00663. The Morgan fingerprint density at radius 1 is 0.886 bits per heavy atom. The summed E-state index contributed by atoms with van der Waals surface area (Å²) in [5, 5.41) is 18.2. The Hall–Kier alpha value is -3.95. The third-order valence-electron chi connectivity index (χ3n) is 6.82. The van der Waals surface area contributed by atoms with Gasteiger partial charge in [0.15, 0.2) is 0 Å². The fraction of sp³-hybridized carbons (Fsp3) is 0.400. The average molecular weight is 475 g/mol. The van der Waals surface area contributed by atoms with Gasteiger partial charge in [-0.3, -0.25) is 4.79 Å². The molecule has 3 amide bonds. The average Bonchev–Trinajstić information content (AvgIpc) is 3.59. The molecule has 2 aliphatic rings. The normalized spacial score (nSPS) is 17.3. The first-order valence-electron chi connectivity index (χ1n) is 12.1. The summed E-state index contributed by atoms with van der Waals surface area (Å²) in [6.45, 7) is 2.77. The number of aromatic nitrogens is 4. The van der Waals surface area contributed by atoms with Crippen molar-refractivity contribution in [2.75, 3.05) is 31.1 Å². The second kappa shape index (κ2) is 10.1. The van der Waals surface area contributed by atoms with E-state index in [-0.39, 0.29) is 11.9 Å². The maximum Gasteiger partial charge on any atom is 0.315 e.